The van der Waals surface area contributed by atoms with Crippen LogP contribution in [-0.4, -0.2) is 41.8 Å². The molecule has 0 spiro atoms. The van der Waals surface area contributed by atoms with Gasteiger partial charge in [-0.15, -0.1) is 0 Å². The molecule has 6 nitrogen and oxygen atoms in total. The molecule has 1 atom stereocenters. The van der Waals surface area contributed by atoms with Crippen molar-refractivity contribution in [2.45, 2.75) is 12.5 Å². The summed E-state index contributed by atoms with van der Waals surface area (Å²) in [6.45, 7) is 0. The lowest BCUT2D eigenvalue weighted by Gasteiger charge is -2.09. The van der Waals surface area contributed by atoms with E-state index >= 15 is 0 Å². The number of aliphatic carboxylic acids is 2. The number of carboxylic acid groups (broad SMARTS) is 2. The van der Waals surface area contributed by atoms with E-state index in [2.05, 4.69) is 7.85 Å². The van der Waals surface area contributed by atoms with Gasteiger partial charge in [0, 0.05) is 0 Å². The molecule has 0 bridgehead atoms. The Morgan fingerprint density at radius 1 is 1.33 bits per heavy atom. The van der Waals surface area contributed by atoms with Crippen molar-refractivity contribution < 1.29 is 24.6 Å². The summed E-state index contributed by atoms with van der Waals surface area (Å²) >= 11 is 0. The summed E-state index contributed by atoms with van der Waals surface area (Å²) in [6, 6.07) is -1.47. The van der Waals surface area contributed by atoms with Crippen LogP contribution in [0.1, 0.15) is 6.42 Å². The number of rotatable bonds is 4. The molecule has 0 saturated carbocycles. The first kappa shape index (κ1) is 10.5. The van der Waals surface area contributed by atoms with Crippen molar-refractivity contribution in [2.24, 2.45) is 0 Å². The summed E-state index contributed by atoms with van der Waals surface area (Å²) in [7, 11) is 4.60. The molecule has 1 amide bonds. The van der Waals surface area contributed by atoms with Crippen LogP contribution in [0.15, 0.2) is 0 Å². The average Bonchev–Trinajstić information content (AvgIpc) is 1.83. The molecule has 0 fully saturated rings. The van der Waals surface area contributed by atoms with Crippen LogP contribution in [0.3, 0.4) is 0 Å². The first-order valence-corrected chi connectivity index (χ1v) is 2.94. The van der Waals surface area contributed by atoms with Crippen LogP contribution >= 0.6 is 0 Å². The summed E-state index contributed by atoms with van der Waals surface area (Å²) in [5.74, 6) is -3.82. The first-order valence-electron chi connectivity index (χ1n) is 2.94. The van der Waals surface area contributed by atoms with Gasteiger partial charge in [0.05, 0.1) is 6.42 Å². The highest BCUT2D eigenvalue weighted by Crippen LogP contribution is 1.91. The van der Waals surface area contributed by atoms with Gasteiger partial charge in [-0.1, -0.05) is 0 Å². The van der Waals surface area contributed by atoms with E-state index in [1.54, 1.807) is 5.32 Å². The van der Waals surface area contributed by atoms with Crippen LogP contribution in [0.4, 0.5) is 4.79 Å². The van der Waals surface area contributed by atoms with E-state index in [-0.39, 0.29) is 0 Å². The summed E-state index contributed by atoms with van der Waals surface area (Å²) in [6.07, 6.45) is -0.696. The SMILES string of the molecule is [B]C(=O)NC(CC(=O)O)C(=O)O. The molecule has 7 heteroatoms. The Kier molecular flexibility index (Phi) is 3.82. The van der Waals surface area contributed by atoms with E-state index in [0.29, 0.717) is 0 Å². The van der Waals surface area contributed by atoms with E-state index in [9.17, 15) is 14.4 Å². The second kappa shape index (κ2) is 4.37. The van der Waals surface area contributed by atoms with Gasteiger partial charge in [-0.2, -0.15) is 0 Å². The van der Waals surface area contributed by atoms with Crippen molar-refractivity contribution in [3.63, 3.8) is 0 Å². The molecule has 0 aliphatic rings. The van der Waals surface area contributed by atoms with Gasteiger partial charge in [-0.05, 0) is 0 Å². The number of carboxylic acids is 2. The minimum atomic E-state index is -1.47. The summed E-state index contributed by atoms with van der Waals surface area (Å²) in [5, 5.41) is 18.3. The third kappa shape index (κ3) is 4.32. The Bertz CT molecular complexity index is 200. The molecule has 0 aromatic carbocycles. The third-order valence-electron chi connectivity index (χ3n) is 0.993. The largest absolute Gasteiger partial charge is 0.481 e. The van der Waals surface area contributed by atoms with Gasteiger partial charge >= 0.3 is 11.9 Å². The monoisotopic (exact) mass is 171 g/mol. The highest BCUT2D eigenvalue weighted by molar-refractivity contribution is 6.57. The summed E-state index contributed by atoms with van der Waals surface area (Å²) in [5.41, 5.74) is 0. The van der Waals surface area contributed by atoms with E-state index in [4.69, 9.17) is 10.2 Å². The van der Waals surface area contributed by atoms with Crippen molar-refractivity contribution in [3.05, 3.63) is 0 Å². The molecule has 64 valence electrons. The van der Waals surface area contributed by atoms with Crippen LogP contribution in [0.5, 0.6) is 0 Å². The average molecular weight is 171 g/mol. The van der Waals surface area contributed by atoms with Gasteiger partial charge in [-0.3, -0.25) is 9.59 Å². The van der Waals surface area contributed by atoms with Crippen molar-refractivity contribution in [2.75, 3.05) is 0 Å². The summed E-state index contributed by atoms with van der Waals surface area (Å²) < 4.78 is 0. The zero-order valence-electron chi connectivity index (χ0n) is 5.98. The lowest BCUT2D eigenvalue weighted by molar-refractivity contribution is -0.145. The van der Waals surface area contributed by atoms with Crippen molar-refractivity contribution in [1.29, 1.82) is 0 Å². The van der Waals surface area contributed by atoms with Crippen LogP contribution in [-0.2, 0) is 9.59 Å². The molecule has 0 aromatic rings. The molecule has 0 heterocycles. The second-order valence-corrected chi connectivity index (χ2v) is 2.00. The molecular weight excluding hydrogens is 165 g/mol. The molecule has 1 unspecified atom stereocenters. The minimum absolute atomic E-state index is 0.696. The number of nitrogens with one attached hydrogen (secondary N) is 1. The second-order valence-electron chi connectivity index (χ2n) is 2.00. The highest BCUT2D eigenvalue weighted by Gasteiger charge is 2.20. The van der Waals surface area contributed by atoms with Crippen molar-refractivity contribution in [3.8, 4) is 0 Å². The minimum Gasteiger partial charge on any atom is -0.481 e. The molecule has 3 N–H and O–H groups in total. The maximum atomic E-state index is 10.2. The Balaban J connectivity index is 4.14. The fraction of sp³-hybridized carbons (Fsp3) is 0.400. The number of amides is 1. The van der Waals surface area contributed by atoms with Gasteiger partial charge in [-0.25, -0.2) is 4.79 Å². The fourth-order valence-electron chi connectivity index (χ4n) is 0.546. The molecule has 0 aliphatic heterocycles. The van der Waals surface area contributed by atoms with E-state index < -0.39 is 30.2 Å². The number of hydrogen-bond acceptors (Lipinski definition) is 3. The molecule has 2 radical (unpaired) electrons. The predicted molar refractivity (Wildman–Crippen MR) is 38.0 cm³/mol. The first-order chi connectivity index (χ1) is 5.43. The molecule has 0 aromatic heterocycles. The van der Waals surface area contributed by atoms with E-state index in [1.807, 2.05) is 0 Å². The van der Waals surface area contributed by atoms with E-state index in [0.717, 1.165) is 0 Å². The van der Waals surface area contributed by atoms with Gasteiger partial charge in [0.15, 0.2) is 5.81 Å². The van der Waals surface area contributed by atoms with Gasteiger partial charge in [0.2, 0.25) is 7.85 Å². The third-order valence-corrected chi connectivity index (χ3v) is 0.993. The Labute approximate surface area is 69.0 Å². The van der Waals surface area contributed by atoms with Crippen LogP contribution in [0.25, 0.3) is 0 Å². The Morgan fingerprint density at radius 2 is 1.83 bits per heavy atom. The Morgan fingerprint density at radius 3 is 2.08 bits per heavy atom. The zero-order valence-corrected chi connectivity index (χ0v) is 5.98. The van der Waals surface area contributed by atoms with Crippen molar-refractivity contribution in [1.82, 2.24) is 5.32 Å². The topological polar surface area (TPSA) is 104 Å². The van der Waals surface area contributed by atoms with Gasteiger partial charge in [0.25, 0.3) is 0 Å². The predicted octanol–water partition coefficient (Wildman–Crippen LogP) is -1.21. The van der Waals surface area contributed by atoms with Crippen molar-refractivity contribution >= 4 is 25.6 Å². The smallest absolute Gasteiger partial charge is 0.326 e. The van der Waals surface area contributed by atoms with Gasteiger partial charge in [0.1, 0.15) is 6.04 Å². The summed E-state index contributed by atoms with van der Waals surface area (Å²) in [4.78, 5) is 30.4. The molecular formula is C5H6BNO5. The Hall–Kier alpha value is -1.53. The van der Waals surface area contributed by atoms with Gasteiger partial charge < -0.3 is 15.5 Å². The van der Waals surface area contributed by atoms with Crippen LogP contribution in [0, 0.1) is 0 Å². The normalized spacial score (nSPS) is 11.7. The fourth-order valence-corrected chi connectivity index (χ4v) is 0.546. The van der Waals surface area contributed by atoms with E-state index in [1.165, 1.54) is 0 Å². The highest BCUT2D eigenvalue weighted by atomic mass is 16.4. The zero-order chi connectivity index (χ0) is 9.72. The number of carbonyl (C=O) groups excluding carboxylic acids is 1. The molecule has 0 saturated heterocycles. The maximum absolute atomic E-state index is 10.2. The quantitative estimate of drug-likeness (QED) is 0.460. The maximum Gasteiger partial charge on any atom is 0.326 e. The van der Waals surface area contributed by atoms with Crippen LogP contribution in [0.2, 0.25) is 0 Å². The molecule has 0 aliphatic carbocycles. The lowest BCUT2D eigenvalue weighted by atomic mass is 10.1. The standard InChI is InChI=1S/C5H6BNO5/c6-5(12)7-2(4(10)11)1-3(8)9/h2H,1H2,(H,7,12)(H,8,9)(H,10,11). The molecule has 12 heavy (non-hydrogen) atoms. The molecule has 0 rings (SSSR count). The lowest BCUT2D eigenvalue weighted by Crippen LogP contribution is -2.41. The number of hydrogen-bond donors (Lipinski definition) is 3. The van der Waals surface area contributed by atoms with Crippen LogP contribution < -0.4 is 5.32 Å². The number of carbonyl (C=O) groups is 3.